The van der Waals surface area contributed by atoms with Crippen LogP contribution in [-0.2, 0) is 30.9 Å². The molecule has 21 aliphatic carbocycles. The molecule has 25 rings (SSSR count). The number of nitrogens with one attached hydrogen (secondary N) is 6. The summed E-state index contributed by atoms with van der Waals surface area (Å²) in [6.45, 7) is 11.8. The molecule has 20 saturated carbocycles. The highest BCUT2D eigenvalue weighted by molar-refractivity contribution is 7.12. The van der Waals surface area contributed by atoms with Crippen molar-refractivity contribution in [2.45, 2.75) is 273 Å². The van der Waals surface area contributed by atoms with E-state index in [1.807, 2.05) is 34.9 Å². The van der Waals surface area contributed by atoms with E-state index in [0.29, 0.717) is 27.7 Å². The minimum atomic E-state index is 0.210. The second kappa shape index (κ2) is 25.6. The molecule has 0 aliphatic heterocycles. The van der Waals surface area contributed by atoms with E-state index >= 15 is 0 Å². The first kappa shape index (κ1) is 62.0. The van der Waals surface area contributed by atoms with Gasteiger partial charge in [-0.2, -0.15) is 0 Å². The second-order valence-electron chi connectivity index (χ2n) is 35.2. The highest BCUT2D eigenvalue weighted by Gasteiger charge is 2.55. The topological polar surface area (TPSA) is 111 Å². The number of rotatable bonds is 16. The third-order valence-corrected chi connectivity index (χ3v) is 30.0. The van der Waals surface area contributed by atoms with Crippen molar-refractivity contribution in [1.29, 1.82) is 0 Å². The average molecular weight is 1260 g/mol. The number of aromatic amines is 1. The van der Waals surface area contributed by atoms with Crippen LogP contribution >= 0.6 is 22.7 Å². The molecule has 4 heterocycles. The summed E-state index contributed by atoms with van der Waals surface area (Å²) in [5, 5.41) is 23.6. The maximum Gasteiger partial charge on any atom is 0.124 e. The summed E-state index contributed by atoms with van der Waals surface area (Å²) in [5.74, 6) is 15.5. The molecule has 1 atom stereocenters. The molecule has 90 heavy (non-hydrogen) atoms. The molecule has 1 unspecified atom stereocenters. The van der Waals surface area contributed by atoms with Gasteiger partial charge in [-0.25, -0.2) is 0 Å². The van der Waals surface area contributed by atoms with E-state index in [2.05, 4.69) is 106 Å². The SMILES string of the molecule is COC1C=CC=C1CNC12CC3CC(CC(C3)C1)C2.Cc1cc(CNC23CC4CC(CC(C4)C2)C3)sc1C.Cc1ccc(CNC23CC4CC(CC(C4)C2)C3)s1.c1c[nH]c(CNC23CC4CC(CC(C4)C2)C3)c1.c1cc(CNC23CC4CC(CC(C4)C2)C3)no1. The maximum absolute atomic E-state index is 5.50. The zero-order valence-corrected chi connectivity index (χ0v) is 57.6. The van der Waals surface area contributed by atoms with Crippen LogP contribution in [-0.4, -0.2) is 57.6 Å². The van der Waals surface area contributed by atoms with Gasteiger partial charge in [0.15, 0.2) is 0 Å². The summed E-state index contributed by atoms with van der Waals surface area (Å²) < 4.78 is 10.4. The lowest BCUT2D eigenvalue weighted by Gasteiger charge is -2.57. The summed E-state index contributed by atoms with van der Waals surface area (Å²) in [5.41, 5.74) is 7.68. The molecule has 11 heteroatoms. The number of allylic oxidation sites excluding steroid dienone is 2. The van der Waals surface area contributed by atoms with Gasteiger partial charge in [0.25, 0.3) is 0 Å². The summed E-state index contributed by atoms with van der Waals surface area (Å²) in [7, 11) is 1.80. The zero-order chi connectivity index (χ0) is 60.7. The molecule has 4 aromatic rings. The number of aromatic nitrogens is 2. The number of aryl methyl sites for hydroxylation is 3. The van der Waals surface area contributed by atoms with Crippen molar-refractivity contribution in [3.63, 3.8) is 0 Å². The third kappa shape index (κ3) is 13.8. The third-order valence-electron chi connectivity index (χ3n) is 27.8. The van der Waals surface area contributed by atoms with Gasteiger partial charge in [0, 0.05) is 105 Å². The molecule has 0 spiro atoms. The van der Waals surface area contributed by atoms with Gasteiger partial charge in [0.05, 0.1) is 11.8 Å². The van der Waals surface area contributed by atoms with Crippen molar-refractivity contribution >= 4 is 22.7 Å². The summed E-state index contributed by atoms with van der Waals surface area (Å²) in [6.07, 6.45) is 54.9. The number of methoxy groups -OCH3 is 1. The Kier molecular flexibility index (Phi) is 17.6. The van der Waals surface area contributed by atoms with Crippen LogP contribution in [0.2, 0.25) is 0 Å². The molecule has 4 aromatic heterocycles. The van der Waals surface area contributed by atoms with E-state index in [-0.39, 0.29) is 6.10 Å². The van der Waals surface area contributed by atoms with Crippen LogP contribution < -0.4 is 26.6 Å². The van der Waals surface area contributed by atoms with Gasteiger partial charge < -0.3 is 40.8 Å². The van der Waals surface area contributed by atoms with Crippen LogP contribution in [0.3, 0.4) is 0 Å². The fraction of sp³-hybridized carbons (Fsp3) is 0.759. The van der Waals surface area contributed by atoms with Crippen molar-refractivity contribution in [1.82, 2.24) is 36.7 Å². The fourth-order valence-corrected chi connectivity index (χ4v) is 27.9. The number of nitrogens with zero attached hydrogens (tertiary/aromatic N) is 1. The Morgan fingerprint density at radius 3 is 1.19 bits per heavy atom. The van der Waals surface area contributed by atoms with Crippen molar-refractivity contribution in [3.05, 3.63) is 109 Å². The number of ether oxygens (including phenoxy) is 1. The van der Waals surface area contributed by atoms with E-state index in [9.17, 15) is 0 Å². The maximum atomic E-state index is 5.50. The molecule has 20 bridgehead atoms. The van der Waals surface area contributed by atoms with Gasteiger partial charge in [-0.3, -0.25) is 0 Å². The van der Waals surface area contributed by atoms with Gasteiger partial charge >= 0.3 is 0 Å². The van der Waals surface area contributed by atoms with Crippen molar-refractivity contribution in [2.24, 2.45) is 88.8 Å². The predicted octanol–water partition coefficient (Wildman–Crippen LogP) is 17.4. The quantitative estimate of drug-likeness (QED) is 0.0658. The number of hydrogen-bond acceptors (Lipinski definition) is 10. The molecular weight excluding hydrogens is 1140 g/mol. The Morgan fingerprint density at radius 1 is 0.467 bits per heavy atom. The van der Waals surface area contributed by atoms with E-state index in [1.165, 1.54) is 229 Å². The molecule has 0 aromatic carbocycles. The Hall–Kier alpha value is -2.87. The molecule has 21 aliphatic rings. The predicted molar refractivity (Wildman–Crippen MR) is 368 cm³/mol. The van der Waals surface area contributed by atoms with Gasteiger partial charge in [-0.1, -0.05) is 23.4 Å². The van der Waals surface area contributed by atoms with Gasteiger partial charge in [-0.15, -0.1) is 22.7 Å². The number of hydrogen-bond donors (Lipinski definition) is 6. The minimum absolute atomic E-state index is 0.210. The Balaban J connectivity index is 0.0000000901. The zero-order valence-electron chi connectivity index (χ0n) is 55.9. The number of thiophene rings is 2. The van der Waals surface area contributed by atoms with Crippen LogP contribution in [0.4, 0.5) is 0 Å². The molecule has 6 N–H and O–H groups in total. The highest BCUT2D eigenvalue weighted by atomic mass is 32.1. The Bertz CT molecular complexity index is 2830. The molecule has 0 radical (unpaired) electrons. The summed E-state index contributed by atoms with van der Waals surface area (Å²) >= 11 is 3.93. The molecule has 0 saturated heterocycles. The standard InChI is InChI=1S/C17H25NO.C17H25NS.C16H23NS.C15H22N2.C14H20N2O/c1-19-16-4-2-3-15(16)11-18-17-8-12-5-13(9-17)7-14(6-12)10-17;1-11-3-16(19-12(11)2)10-18-17-7-13-4-14(8-17)6-15(5-13)9-17;1-11-2-3-15(18-11)10-17-16-7-12-4-13(8-16)6-14(5-12)9-16;1-2-14(16-3-1)10-17-15-7-11-4-12(8-15)6-13(5-11)9-15;1-2-17-16-13(1)9-15-14-6-10-3-11(7-14)5-12(4-10)8-14/h2-4,12-14,16,18H,5-11H2,1H3;3,13-15,18H,4-10H2,1-2H3;2-3,12-14,17H,4-10H2,1H3;1-3,11-13,16-17H,4-10H2;1-2,10-12,15H,3-9H2. The van der Waals surface area contributed by atoms with Gasteiger partial charge in [-0.05, 0) is 344 Å². The van der Waals surface area contributed by atoms with Gasteiger partial charge in [0.2, 0.25) is 0 Å². The normalized spacial score (nSPS) is 43.0. The molecule has 20 fully saturated rings. The lowest BCUT2D eigenvalue weighted by Crippen LogP contribution is -2.58. The van der Waals surface area contributed by atoms with E-state index < -0.39 is 0 Å². The summed E-state index contributed by atoms with van der Waals surface area (Å²) in [4.78, 5) is 9.29. The van der Waals surface area contributed by atoms with Gasteiger partial charge in [0.1, 0.15) is 6.26 Å². The molecule has 9 nitrogen and oxygen atoms in total. The first-order valence-corrected chi connectivity index (χ1v) is 39.1. The van der Waals surface area contributed by atoms with Crippen LogP contribution in [0, 0.1) is 110 Å². The smallest absolute Gasteiger partial charge is 0.124 e. The minimum Gasteiger partial charge on any atom is -0.373 e. The fourth-order valence-electron chi connectivity index (χ4n) is 26.0. The largest absolute Gasteiger partial charge is 0.373 e. The van der Waals surface area contributed by atoms with Crippen LogP contribution in [0.15, 0.2) is 77.2 Å². The molecular formula is C79H115N7O2S2. The first-order chi connectivity index (χ1) is 43.7. The van der Waals surface area contributed by atoms with E-state index in [0.717, 1.165) is 127 Å². The molecule has 490 valence electrons. The van der Waals surface area contributed by atoms with Crippen LogP contribution in [0.25, 0.3) is 0 Å². The van der Waals surface area contributed by atoms with Crippen molar-refractivity contribution in [3.8, 4) is 0 Å². The van der Waals surface area contributed by atoms with E-state index in [1.54, 1.807) is 13.4 Å². The highest BCUT2D eigenvalue weighted by Crippen LogP contribution is 2.60. The molecule has 0 amide bonds. The Morgan fingerprint density at radius 2 is 0.856 bits per heavy atom. The van der Waals surface area contributed by atoms with Crippen molar-refractivity contribution < 1.29 is 9.26 Å². The summed E-state index contributed by atoms with van der Waals surface area (Å²) in [6, 6.07) is 13.2. The van der Waals surface area contributed by atoms with Crippen molar-refractivity contribution in [2.75, 3.05) is 13.7 Å². The second-order valence-corrected chi connectivity index (χ2v) is 37.9. The average Bonchev–Trinajstić information content (AvgIpc) is 1.05. The lowest BCUT2D eigenvalue weighted by atomic mass is 9.53. The first-order valence-electron chi connectivity index (χ1n) is 37.5. The van der Waals surface area contributed by atoms with E-state index in [4.69, 9.17) is 9.26 Å². The Labute approximate surface area is 550 Å². The number of H-pyrrole nitrogens is 1. The van der Waals surface area contributed by atoms with Crippen LogP contribution in [0.5, 0.6) is 0 Å². The van der Waals surface area contributed by atoms with Crippen LogP contribution in [0.1, 0.15) is 229 Å². The lowest BCUT2D eigenvalue weighted by molar-refractivity contribution is -0.0209. The monoisotopic (exact) mass is 1260 g/mol.